The summed E-state index contributed by atoms with van der Waals surface area (Å²) in [6.45, 7) is 10.3. The van der Waals surface area contributed by atoms with Gasteiger partial charge in [-0.25, -0.2) is 4.79 Å². The Morgan fingerprint density at radius 2 is 1.48 bits per heavy atom. The van der Waals surface area contributed by atoms with Crippen molar-refractivity contribution < 1.29 is 46.5 Å². The molecule has 12 heteroatoms. The van der Waals surface area contributed by atoms with Crippen LogP contribution in [0.15, 0.2) is 66.7 Å². The molecule has 3 aromatic rings. The van der Waals surface area contributed by atoms with Crippen LogP contribution in [-0.4, -0.2) is 41.8 Å². The van der Waals surface area contributed by atoms with E-state index in [0.29, 0.717) is 23.4 Å². The molecule has 0 saturated carbocycles. The summed E-state index contributed by atoms with van der Waals surface area (Å²) in [7, 11) is 0. The molecule has 0 aliphatic carbocycles. The first kappa shape index (κ1) is 36.1. The fourth-order valence-corrected chi connectivity index (χ4v) is 5.00. The number of nitrogens with one attached hydrogen (secondary N) is 1. The number of ether oxygens (including phenoxy) is 4. The van der Waals surface area contributed by atoms with E-state index in [2.05, 4.69) is 5.32 Å². The van der Waals surface area contributed by atoms with E-state index in [-0.39, 0.29) is 25.5 Å². The summed E-state index contributed by atoms with van der Waals surface area (Å²) in [6, 6.07) is 16.5. The lowest BCUT2D eigenvalue weighted by molar-refractivity contribution is -0.156. The number of esters is 1. The molecule has 1 aliphatic rings. The van der Waals surface area contributed by atoms with Crippen molar-refractivity contribution in [2.24, 2.45) is 0 Å². The normalized spacial score (nSPS) is 13.7. The molecule has 1 heterocycles. The van der Waals surface area contributed by atoms with Crippen LogP contribution < -0.4 is 19.7 Å². The molecule has 2 amide bonds. The lowest BCUT2D eigenvalue weighted by Gasteiger charge is -2.27. The summed E-state index contributed by atoms with van der Waals surface area (Å²) in [5.74, 6) is -1.06. The Morgan fingerprint density at radius 1 is 0.812 bits per heavy atom. The molecule has 1 atom stereocenters. The van der Waals surface area contributed by atoms with Crippen molar-refractivity contribution in [2.45, 2.75) is 91.0 Å². The van der Waals surface area contributed by atoms with E-state index >= 15 is 0 Å². The maximum Gasteiger partial charge on any atom is 0.419 e. The minimum atomic E-state index is -4.63. The van der Waals surface area contributed by atoms with E-state index in [4.69, 9.17) is 18.9 Å². The quantitative estimate of drug-likeness (QED) is 0.225. The second kappa shape index (κ2) is 14.6. The molecule has 0 spiro atoms. The molecule has 0 saturated heterocycles. The van der Waals surface area contributed by atoms with Crippen LogP contribution in [0.25, 0.3) is 0 Å². The van der Waals surface area contributed by atoms with Crippen LogP contribution in [0.5, 0.6) is 11.5 Å². The molecule has 48 heavy (non-hydrogen) atoms. The highest BCUT2D eigenvalue weighted by atomic mass is 19.4. The third-order valence-electron chi connectivity index (χ3n) is 6.98. The van der Waals surface area contributed by atoms with Crippen molar-refractivity contribution in [3.05, 3.63) is 89.0 Å². The van der Waals surface area contributed by atoms with Crippen molar-refractivity contribution in [3.8, 4) is 11.5 Å². The molecule has 0 radical (unpaired) electrons. The predicted molar refractivity (Wildman–Crippen MR) is 173 cm³/mol. The lowest BCUT2D eigenvalue weighted by atomic mass is 10.1. The summed E-state index contributed by atoms with van der Waals surface area (Å²) < 4.78 is 63.8. The SMILES string of the molecule is CC(C)(C)OC(=O)CC(NC(=O)OC(C)(C)C)C(=O)N1CCc2cc(OCc3ccc(OCc4ccccc4)c(C(F)(F)F)c3)ccc21. The maximum absolute atomic E-state index is 13.9. The van der Waals surface area contributed by atoms with Gasteiger partial charge < -0.3 is 29.2 Å². The first-order valence-electron chi connectivity index (χ1n) is 15.5. The van der Waals surface area contributed by atoms with Crippen molar-refractivity contribution >= 4 is 23.7 Å². The molecule has 9 nitrogen and oxygen atoms in total. The minimum absolute atomic E-state index is 0.00672. The van der Waals surface area contributed by atoms with Crippen LogP contribution in [0.4, 0.5) is 23.7 Å². The van der Waals surface area contributed by atoms with Gasteiger partial charge in [-0.1, -0.05) is 36.4 Å². The molecule has 0 fully saturated rings. The van der Waals surface area contributed by atoms with Crippen LogP contribution in [0.2, 0.25) is 0 Å². The number of benzene rings is 3. The van der Waals surface area contributed by atoms with Crippen molar-refractivity contribution in [3.63, 3.8) is 0 Å². The first-order valence-corrected chi connectivity index (χ1v) is 15.5. The first-order chi connectivity index (χ1) is 22.4. The largest absolute Gasteiger partial charge is 0.489 e. The predicted octanol–water partition coefficient (Wildman–Crippen LogP) is 7.38. The summed E-state index contributed by atoms with van der Waals surface area (Å²) in [5.41, 5.74) is -0.158. The highest BCUT2D eigenvalue weighted by molar-refractivity contribution is 6.02. The Labute approximate surface area is 278 Å². The van der Waals surface area contributed by atoms with Gasteiger partial charge >= 0.3 is 18.2 Å². The van der Waals surface area contributed by atoms with Crippen molar-refractivity contribution in [2.75, 3.05) is 11.4 Å². The van der Waals surface area contributed by atoms with Gasteiger partial charge in [0.25, 0.3) is 0 Å². The Hall–Kier alpha value is -4.74. The van der Waals surface area contributed by atoms with Gasteiger partial charge in [0, 0.05) is 12.2 Å². The van der Waals surface area contributed by atoms with Crippen LogP contribution in [0.3, 0.4) is 0 Å². The van der Waals surface area contributed by atoms with Gasteiger partial charge in [0.05, 0.1) is 12.0 Å². The van der Waals surface area contributed by atoms with Crippen LogP contribution in [0, 0.1) is 0 Å². The number of fused-ring (bicyclic) bond motifs is 1. The number of anilines is 1. The monoisotopic (exact) mass is 670 g/mol. The lowest BCUT2D eigenvalue weighted by Crippen LogP contribution is -2.50. The number of nitrogens with zero attached hydrogens (tertiary/aromatic N) is 1. The molecular formula is C36H41F3N2O7. The number of alkyl carbamates (subject to hydrolysis) is 1. The van der Waals surface area contributed by atoms with Gasteiger partial charge in [0.1, 0.15) is 42.0 Å². The fourth-order valence-electron chi connectivity index (χ4n) is 5.00. The molecule has 258 valence electrons. The zero-order valence-corrected chi connectivity index (χ0v) is 27.9. The summed E-state index contributed by atoms with van der Waals surface area (Å²) in [5, 5.41) is 2.52. The van der Waals surface area contributed by atoms with E-state index in [9.17, 15) is 27.6 Å². The number of alkyl halides is 3. The molecule has 0 bridgehead atoms. The third-order valence-corrected chi connectivity index (χ3v) is 6.98. The number of rotatable bonds is 10. The van der Waals surface area contributed by atoms with Gasteiger partial charge in [-0.3, -0.25) is 9.59 Å². The molecule has 1 N–H and O–H groups in total. The third kappa shape index (κ3) is 10.4. The Morgan fingerprint density at radius 3 is 2.12 bits per heavy atom. The molecule has 1 aliphatic heterocycles. The molecular weight excluding hydrogens is 629 g/mol. The summed E-state index contributed by atoms with van der Waals surface area (Å²) >= 11 is 0. The van der Waals surface area contributed by atoms with Gasteiger partial charge in [0.2, 0.25) is 5.91 Å². The average Bonchev–Trinajstić information content (AvgIpc) is 3.40. The number of hydrogen-bond acceptors (Lipinski definition) is 7. The van der Waals surface area contributed by atoms with E-state index in [1.807, 2.05) is 6.07 Å². The van der Waals surface area contributed by atoms with Gasteiger partial charge in [-0.05, 0) is 95.0 Å². The Balaban J connectivity index is 1.45. The highest BCUT2D eigenvalue weighted by Crippen LogP contribution is 2.38. The van der Waals surface area contributed by atoms with Gasteiger partial charge in [-0.15, -0.1) is 0 Å². The van der Waals surface area contributed by atoms with Crippen LogP contribution in [0.1, 0.15) is 70.2 Å². The topological polar surface area (TPSA) is 103 Å². The minimum Gasteiger partial charge on any atom is -0.489 e. The summed E-state index contributed by atoms with van der Waals surface area (Å²) in [6.07, 6.45) is -5.43. The smallest absolute Gasteiger partial charge is 0.419 e. The molecule has 4 rings (SSSR count). The zero-order valence-electron chi connectivity index (χ0n) is 27.9. The Kier molecular flexibility index (Phi) is 11.0. The second-order valence-electron chi connectivity index (χ2n) is 13.4. The van der Waals surface area contributed by atoms with E-state index in [1.165, 1.54) is 17.0 Å². The molecule has 1 unspecified atom stereocenters. The molecule has 0 aromatic heterocycles. The number of carbonyl (C=O) groups excluding carboxylic acids is 3. The number of carbonyl (C=O) groups is 3. The number of amides is 2. The maximum atomic E-state index is 13.9. The van der Waals surface area contributed by atoms with Crippen LogP contribution >= 0.6 is 0 Å². The zero-order chi connectivity index (χ0) is 35.3. The molecule has 3 aromatic carbocycles. The number of halogens is 3. The summed E-state index contributed by atoms with van der Waals surface area (Å²) in [4.78, 5) is 40.4. The van der Waals surface area contributed by atoms with Gasteiger partial charge in [0.15, 0.2) is 0 Å². The fraction of sp³-hybridized carbons (Fsp3) is 0.417. The Bertz CT molecular complexity index is 1580. The highest BCUT2D eigenvalue weighted by Gasteiger charge is 2.36. The second-order valence-corrected chi connectivity index (χ2v) is 13.4. The number of hydrogen-bond donors (Lipinski definition) is 1. The van der Waals surface area contributed by atoms with Gasteiger partial charge in [-0.2, -0.15) is 13.2 Å². The average molecular weight is 671 g/mol. The van der Waals surface area contributed by atoms with Crippen LogP contribution in [-0.2, 0) is 44.9 Å². The van der Waals surface area contributed by atoms with E-state index < -0.39 is 53.4 Å². The van der Waals surface area contributed by atoms with Crippen molar-refractivity contribution in [1.29, 1.82) is 0 Å². The standard InChI is InChI=1S/C36H41F3N2O7/c1-34(2,3)47-31(42)20-28(40-33(44)48-35(4,5)6)32(43)41-17-16-25-19-26(13-14-29(25)41)45-22-24-12-15-30(27(18-24)36(37,38)39)46-21-23-10-8-7-9-11-23/h7-15,18-19,28H,16-17,20-22H2,1-6H3,(H,40,44). The van der Waals surface area contributed by atoms with E-state index in [0.717, 1.165) is 17.2 Å². The van der Waals surface area contributed by atoms with Crippen molar-refractivity contribution in [1.82, 2.24) is 5.32 Å². The van der Waals surface area contributed by atoms with E-state index in [1.54, 1.807) is 84.0 Å².